The molecule has 0 aromatic heterocycles. The van der Waals surface area contributed by atoms with Crippen molar-refractivity contribution in [1.29, 1.82) is 0 Å². The van der Waals surface area contributed by atoms with E-state index in [-0.39, 0.29) is 50.0 Å². The molecule has 0 aromatic rings. The van der Waals surface area contributed by atoms with Crippen LogP contribution in [0, 0.1) is 16.7 Å². The first kappa shape index (κ1) is 33.9. The van der Waals surface area contributed by atoms with Crippen LogP contribution in [0.2, 0.25) is 0 Å². The number of rotatable bonds is 15. The molecule has 0 radical (unpaired) electrons. The van der Waals surface area contributed by atoms with Crippen LogP contribution in [0.15, 0.2) is 4.99 Å². The number of carbonyl (C=O) groups is 4. The molecular weight excluding hydrogens is 588 g/mol. The van der Waals surface area contributed by atoms with E-state index in [1.54, 1.807) is 0 Å². The smallest absolute Gasteiger partial charge is 0.243 e. The van der Waals surface area contributed by atoms with E-state index in [4.69, 9.17) is 11.5 Å². The van der Waals surface area contributed by atoms with E-state index in [2.05, 4.69) is 15.0 Å². The number of likely N-dealkylation sites (tertiary alicyclic amines) is 1. The summed E-state index contributed by atoms with van der Waals surface area (Å²) in [5.74, 6) is -2.35. The van der Waals surface area contributed by atoms with Crippen LogP contribution in [0.5, 0.6) is 0 Å². The standard InChI is InChI=1S/C26H44N6O8S2/c1-25(2)17-8-10-26(25,21(34)14-17)16-42(39,40)31-19(9-13-41(3,37)38)23(36)32-12-5-7-20(32)22(35)30-18(15-33)6-4-11-29-24(27)28/h15,17-20,31H,4-14,16H2,1-3H3,(H,30,35)(H4,27,28,29)/t17?,18-,19-,20-,26+/m0/s1. The molecule has 1 heterocycles. The molecule has 2 bridgehead atoms. The molecule has 42 heavy (non-hydrogen) atoms. The Morgan fingerprint density at radius 1 is 1.17 bits per heavy atom. The number of carbonyl (C=O) groups excluding carboxylic acids is 4. The SMILES string of the molecule is CC1(C)C2CC[C@@]1(CS(=O)(=O)N[C@@H](CCS(C)(=O)=O)C(=O)N1CCC[C@H]1C(=O)N[C@H](C=O)CCCN=C(N)N)C(=O)C2. The fourth-order valence-electron chi connectivity index (χ4n) is 6.73. The van der Waals surface area contributed by atoms with Gasteiger partial charge in [0, 0.05) is 31.2 Å². The van der Waals surface area contributed by atoms with Crippen molar-refractivity contribution >= 4 is 49.7 Å². The summed E-state index contributed by atoms with van der Waals surface area (Å²) in [6.07, 6.45) is 4.16. The van der Waals surface area contributed by atoms with Crippen LogP contribution in [0.3, 0.4) is 0 Å². The first-order valence-electron chi connectivity index (χ1n) is 14.2. The topological polar surface area (TPSA) is 228 Å². The highest BCUT2D eigenvalue weighted by Gasteiger charge is 2.65. The maximum Gasteiger partial charge on any atom is 0.243 e. The molecule has 1 aliphatic heterocycles. The Morgan fingerprint density at radius 2 is 1.86 bits per heavy atom. The Bertz CT molecular complexity index is 1310. The van der Waals surface area contributed by atoms with Crippen molar-refractivity contribution in [2.75, 3.05) is 30.9 Å². The molecule has 0 aromatic carbocycles. The third-order valence-electron chi connectivity index (χ3n) is 9.27. The minimum absolute atomic E-state index is 0.0894. The molecule has 3 aliphatic rings. The number of nitrogens with one attached hydrogen (secondary N) is 2. The van der Waals surface area contributed by atoms with Gasteiger partial charge < -0.3 is 26.5 Å². The van der Waals surface area contributed by atoms with Gasteiger partial charge in [0.15, 0.2) is 5.96 Å². The van der Waals surface area contributed by atoms with Gasteiger partial charge in [0.2, 0.25) is 21.8 Å². The maximum absolute atomic E-state index is 13.7. The molecule has 5 atom stereocenters. The number of aldehydes is 1. The first-order valence-corrected chi connectivity index (χ1v) is 18.0. The lowest BCUT2D eigenvalue weighted by atomic mass is 9.70. The third kappa shape index (κ3) is 7.67. The number of fused-ring (bicyclic) bond motifs is 2. The molecule has 3 fully saturated rings. The molecule has 3 rings (SSSR count). The number of guanidine groups is 1. The maximum atomic E-state index is 13.7. The van der Waals surface area contributed by atoms with E-state index in [1.165, 1.54) is 4.90 Å². The van der Waals surface area contributed by atoms with Gasteiger partial charge in [0.25, 0.3) is 0 Å². The van der Waals surface area contributed by atoms with Crippen molar-refractivity contribution in [3.05, 3.63) is 0 Å². The molecule has 0 spiro atoms. The van der Waals surface area contributed by atoms with Gasteiger partial charge in [0.1, 0.15) is 34.0 Å². The second-order valence-corrected chi connectivity index (χ2v) is 16.4. The van der Waals surface area contributed by atoms with Crippen molar-refractivity contribution in [1.82, 2.24) is 14.9 Å². The van der Waals surface area contributed by atoms with Crippen molar-refractivity contribution in [3.63, 3.8) is 0 Å². The Labute approximate surface area is 247 Å². The molecule has 6 N–H and O–H groups in total. The van der Waals surface area contributed by atoms with E-state index in [9.17, 15) is 36.0 Å². The van der Waals surface area contributed by atoms with E-state index < -0.39 is 72.1 Å². The molecule has 14 nitrogen and oxygen atoms in total. The summed E-state index contributed by atoms with van der Waals surface area (Å²) in [4.78, 5) is 56.4. The van der Waals surface area contributed by atoms with Crippen molar-refractivity contribution in [2.24, 2.45) is 33.2 Å². The van der Waals surface area contributed by atoms with Crippen LogP contribution in [0.1, 0.15) is 65.2 Å². The lowest BCUT2D eigenvalue weighted by molar-refractivity contribution is -0.140. The highest BCUT2D eigenvalue weighted by Crippen LogP contribution is 2.64. The van der Waals surface area contributed by atoms with Crippen LogP contribution < -0.4 is 21.5 Å². The van der Waals surface area contributed by atoms with Crippen LogP contribution in [0.25, 0.3) is 0 Å². The fraction of sp³-hybridized carbons (Fsp3) is 0.808. The van der Waals surface area contributed by atoms with Gasteiger partial charge in [-0.2, -0.15) is 0 Å². The zero-order chi connectivity index (χ0) is 31.5. The van der Waals surface area contributed by atoms with Crippen LogP contribution in [-0.2, 0) is 39.0 Å². The average molecular weight is 633 g/mol. The van der Waals surface area contributed by atoms with E-state index in [0.29, 0.717) is 32.0 Å². The Morgan fingerprint density at radius 3 is 2.40 bits per heavy atom. The zero-order valence-corrected chi connectivity index (χ0v) is 26.1. The quantitative estimate of drug-likeness (QED) is 0.0732. The fourth-order valence-corrected chi connectivity index (χ4v) is 9.46. The number of hydrogen-bond donors (Lipinski definition) is 4. The molecule has 2 aliphatic carbocycles. The predicted molar refractivity (Wildman–Crippen MR) is 156 cm³/mol. The Hall–Kier alpha value is -2.59. The van der Waals surface area contributed by atoms with Gasteiger partial charge in [-0.05, 0) is 56.3 Å². The second-order valence-electron chi connectivity index (χ2n) is 12.4. The number of nitrogens with zero attached hydrogens (tertiary/aromatic N) is 2. The van der Waals surface area contributed by atoms with Gasteiger partial charge >= 0.3 is 0 Å². The molecule has 238 valence electrons. The summed E-state index contributed by atoms with van der Waals surface area (Å²) in [7, 11) is -7.78. The summed E-state index contributed by atoms with van der Waals surface area (Å²) < 4.78 is 53.3. The highest BCUT2D eigenvalue weighted by atomic mass is 32.2. The van der Waals surface area contributed by atoms with Gasteiger partial charge in [0.05, 0.1) is 17.5 Å². The van der Waals surface area contributed by atoms with Crippen LogP contribution in [-0.4, -0.2) is 101 Å². The van der Waals surface area contributed by atoms with Crippen LogP contribution >= 0.6 is 0 Å². The minimum Gasteiger partial charge on any atom is -0.370 e. The Balaban J connectivity index is 1.75. The summed E-state index contributed by atoms with van der Waals surface area (Å²) in [6, 6.07) is -3.26. The normalized spacial score (nSPS) is 26.5. The first-order chi connectivity index (χ1) is 19.4. The Kier molecular flexibility index (Phi) is 10.5. The van der Waals surface area contributed by atoms with E-state index >= 15 is 0 Å². The minimum atomic E-state index is -4.22. The summed E-state index contributed by atoms with van der Waals surface area (Å²) >= 11 is 0. The number of amides is 2. The number of sulfone groups is 1. The molecule has 2 amide bonds. The molecule has 1 unspecified atom stereocenters. The van der Waals surface area contributed by atoms with Gasteiger partial charge in [-0.15, -0.1) is 0 Å². The second kappa shape index (κ2) is 13.0. The van der Waals surface area contributed by atoms with Gasteiger partial charge in [-0.25, -0.2) is 21.6 Å². The number of ketones is 1. The largest absolute Gasteiger partial charge is 0.370 e. The highest BCUT2D eigenvalue weighted by molar-refractivity contribution is 7.90. The van der Waals surface area contributed by atoms with E-state index in [1.807, 2.05) is 13.8 Å². The third-order valence-corrected chi connectivity index (χ3v) is 11.8. The average Bonchev–Trinajstić information content (AvgIpc) is 3.51. The number of nitrogens with two attached hydrogens (primary N) is 2. The molecular formula is C26H44N6O8S2. The molecule has 1 saturated heterocycles. The van der Waals surface area contributed by atoms with Gasteiger partial charge in [-0.1, -0.05) is 13.8 Å². The van der Waals surface area contributed by atoms with Gasteiger partial charge in [-0.3, -0.25) is 19.4 Å². The van der Waals surface area contributed by atoms with Crippen molar-refractivity contribution in [3.8, 4) is 0 Å². The van der Waals surface area contributed by atoms with Crippen molar-refractivity contribution < 1.29 is 36.0 Å². The summed E-state index contributed by atoms with van der Waals surface area (Å²) in [6.45, 7) is 4.22. The summed E-state index contributed by atoms with van der Waals surface area (Å²) in [5.41, 5.74) is 8.98. The number of sulfonamides is 1. The summed E-state index contributed by atoms with van der Waals surface area (Å²) in [5, 5.41) is 2.62. The number of Topliss-reactive ketones (excluding diaryl/α,β-unsaturated/α-hetero) is 1. The van der Waals surface area contributed by atoms with E-state index in [0.717, 1.165) is 12.7 Å². The number of aliphatic imine (C=N–C) groups is 1. The predicted octanol–water partition coefficient (Wildman–Crippen LogP) is -1.17. The molecule has 16 heteroatoms. The molecule has 2 saturated carbocycles. The lowest BCUT2D eigenvalue weighted by Crippen LogP contribution is -2.56. The van der Waals surface area contributed by atoms with Crippen molar-refractivity contribution in [2.45, 2.75) is 83.3 Å². The lowest BCUT2D eigenvalue weighted by Gasteiger charge is -2.36. The van der Waals surface area contributed by atoms with Crippen LogP contribution in [0.4, 0.5) is 0 Å². The zero-order valence-electron chi connectivity index (χ0n) is 24.5. The monoisotopic (exact) mass is 632 g/mol. The number of hydrogen-bond acceptors (Lipinski definition) is 9.